The van der Waals surface area contributed by atoms with Gasteiger partial charge >= 0.3 is 18.2 Å². The van der Waals surface area contributed by atoms with E-state index in [0.29, 0.717) is 4.47 Å². The Hall–Kier alpha value is -1.81. The van der Waals surface area contributed by atoms with Gasteiger partial charge in [-0.2, -0.15) is 13.2 Å². The molecule has 0 fully saturated rings. The molecule has 158 valence electrons. The molecule has 1 unspecified atom stereocenters. The smallest absolute Gasteiger partial charge is 0.418 e. The molecule has 0 aliphatic rings. The highest BCUT2D eigenvalue weighted by Gasteiger charge is 2.58. The van der Waals surface area contributed by atoms with Crippen LogP contribution >= 0.6 is 15.9 Å². The average Bonchev–Trinajstić information content (AvgIpc) is 2.51. The summed E-state index contributed by atoms with van der Waals surface area (Å²) in [6.45, 7) is 4.45. The zero-order valence-electron chi connectivity index (χ0n) is 16.0. The molecule has 1 rings (SSSR count). The molecule has 0 heterocycles. The Morgan fingerprint density at radius 2 is 1.82 bits per heavy atom. The van der Waals surface area contributed by atoms with Gasteiger partial charge in [-0.15, -0.1) is 0 Å². The SMILES string of the molecule is CCOC(=O)COCC(NC(=O)OC(C)(C)C)(c1cccc(Br)c1)C(F)(F)F. The van der Waals surface area contributed by atoms with Crippen molar-refractivity contribution < 1.29 is 37.0 Å². The topological polar surface area (TPSA) is 73.9 Å². The molecular formula is C18H23BrF3NO5. The van der Waals surface area contributed by atoms with Crippen molar-refractivity contribution in [2.45, 2.75) is 45.0 Å². The molecule has 0 spiro atoms. The second kappa shape index (κ2) is 9.60. The number of carbonyl (C=O) groups excluding carboxylic acids is 2. The molecule has 1 N–H and O–H groups in total. The Labute approximate surface area is 169 Å². The van der Waals surface area contributed by atoms with Crippen molar-refractivity contribution in [3.05, 3.63) is 34.3 Å². The predicted molar refractivity (Wildman–Crippen MR) is 98.7 cm³/mol. The minimum atomic E-state index is -4.96. The van der Waals surface area contributed by atoms with E-state index in [2.05, 4.69) is 20.7 Å². The van der Waals surface area contributed by atoms with Gasteiger partial charge in [-0.1, -0.05) is 28.1 Å². The molecule has 1 atom stereocenters. The molecule has 0 aliphatic carbocycles. The van der Waals surface area contributed by atoms with Crippen LogP contribution in [0.15, 0.2) is 28.7 Å². The number of halogens is 4. The fourth-order valence-corrected chi connectivity index (χ4v) is 2.63. The van der Waals surface area contributed by atoms with Crippen molar-refractivity contribution >= 4 is 28.0 Å². The van der Waals surface area contributed by atoms with E-state index in [1.54, 1.807) is 6.92 Å². The molecule has 1 aromatic carbocycles. The number of rotatable bonds is 7. The molecule has 10 heteroatoms. The van der Waals surface area contributed by atoms with E-state index in [4.69, 9.17) is 9.47 Å². The Bertz CT molecular complexity index is 691. The van der Waals surface area contributed by atoms with Crippen molar-refractivity contribution in [3.63, 3.8) is 0 Å². The number of alkyl carbamates (subject to hydrolysis) is 1. The van der Waals surface area contributed by atoms with Crippen LogP contribution in [0.2, 0.25) is 0 Å². The normalized spacial score (nSPS) is 14.1. The van der Waals surface area contributed by atoms with Gasteiger partial charge in [-0.25, -0.2) is 9.59 Å². The van der Waals surface area contributed by atoms with Crippen LogP contribution in [0, 0.1) is 0 Å². The first-order valence-corrected chi connectivity index (χ1v) is 9.17. The van der Waals surface area contributed by atoms with Gasteiger partial charge in [0.15, 0.2) is 5.54 Å². The van der Waals surface area contributed by atoms with E-state index in [-0.39, 0.29) is 12.2 Å². The van der Waals surface area contributed by atoms with Crippen LogP contribution in [0.1, 0.15) is 33.3 Å². The van der Waals surface area contributed by atoms with Crippen molar-refractivity contribution in [3.8, 4) is 0 Å². The third kappa shape index (κ3) is 6.97. The largest absolute Gasteiger partial charge is 0.464 e. The van der Waals surface area contributed by atoms with E-state index in [9.17, 15) is 22.8 Å². The lowest BCUT2D eigenvalue weighted by atomic mass is 9.90. The number of amides is 1. The van der Waals surface area contributed by atoms with Crippen molar-refractivity contribution in [1.29, 1.82) is 0 Å². The highest BCUT2D eigenvalue weighted by Crippen LogP contribution is 2.40. The Morgan fingerprint density at radius 3 is 2.32 bits per heavy atom. The molecule has 0 aromatic heterocycles. The first-order valence-electron chi connectivity index (χ1n) is 8.38. The van der Waals surface area contributed by atoms with Gasteiger partial charge < -0.3 is 19.5 Å². The van der Waals surface area contributed by atoms with Crippen molar-refractivity contribution in [2.75, 3.05) is 19.8 Å². The van der Waals surface area contributed by atoms with E-state index >= 15 is 0 Å². The Balaban J connectivity index is 3.27. The molecule has 1 amide bonds. The quantitative estimate of drug-likeness (QED) is 0.602. The lowest BCUT2D eigenvalue weighted by Crippen LogP contribution is -2.60. The van der Waals surface area contributed by atoms with Gasteiger partial charge in [0.2, 0.25) is 0 Å². The molecule has 0 saturated heterocycles. The fourth-order valence-electron chi connectivity index (χ4n) is 2.23. The number of hydrogen-bond donors (Lipinski definition) is 1. The zero-order chi connectivity index (χ0) is 21.6. The second-order valence-electron chi connectivity index (χ2n) is 6.84. The van der Waals surface area contributed by atoms with Crippen LogP contribution in [0.3, 0.4) is 0 Å². The van der Waals surface area contributed by atoms with Crippen LogP contribution in [0.5, 0.6) is 0 Å². The number of esters is 1. The maximum absolute atomic E-state index is 14.2. The zero-order valence-corrected chi connectivity index (χ0v) is 17.6. The Morgan fingerprint density at radius 1 is 1.18 bits per heavy atom. The summed E-state index contributed by atoms with van der Waals surface area (Å²) in [5, 5.41) is 1.89. The summed E-state index contributed by atoms with van der Waals surface area (Å²) in [5.41, 5.74) is -4.24. The Kier molecular flexibility index (Phi) is 8.30. The first-order chi connectivity index (χ1) is 12.8. The van der Waals surface area contributed by atoms with Gasteiger partial charge in [0.05, 0.1) is 13.2 Å². The lowest BCUT2D eigenvalue weighted by molar-refractivity contribution is -0.215. The minimum Gasteiger partial charge on any atom is -0.464 e. The third-order valence-electron chi connectivity index (χ3n) is 3.36. The van der Waals surface area contributed by atoms with Crippen molar-refractivity contribution in [2.24, 2.45) is 0 Å². The molecule has 6 nitrogen and oxygen atoms in total. The van der Waals surface area contributed by atoms with E-state index in [0.717, 1.165) is 0 Å². The van der Waals surface area contributed by atoms with Gasteiger partial charge in [-0.05, 0) is 45.4 Å². The highest BCUT2D eigenvalue weighted by molar-refractivity contribution is 9.10. The maximum atomic E-state index is 14.2. The molecule has 1 aromatic rings. The molecule has 0 bridgehead atoms. The summed E-state index contributed by atoms with van der Waals surface area (Å²) in [6.07, 6.45) is -6.23. The third-order valence-corrected chi connectivity index (χ3v) is 3.85. The number of nitrogens with one attached hydrogen (secondary N) is 1. The standard InChI is InChI=1S/C18H23BrF3NO5/c1-5-27-14(24)10-26-11-17(18(20,21)22,12-7-6-8-13(19)9-12)23-15(25)28-16(2,3)4/h6-9H,5,10-11H2,1-4H3,(H,23,25). The maximum Gasteiger partial charge on any atom is 0.418 e. The summed E-state index contributed by atoms with van der Waals surface area (Å²) >= 11 is 3.12. The second-order valence-corrected chi connectivity index (χ2v) is 7.75. The summed E-state index contributed by atoms with van der Waals surface area (Å²) < 4.78 is 57.5. The van der Waals surface area contributed by atoms with E-state index in [1.165, 1.54) is 45.0 Å². The van der Waals surface area contributed by atoms with Gasteiger partial charge in [-0.3, -0.25) is 0 Å². The number of hydrogen-bond acceptors (Lipinski definition) is 5. The lowest BCUT2D eigenvalue weighted by Gasteiger charge is -2.37. The van der Waals surface area contributed by atoms with Crippen LogP contribution < -0.4 is 5.32 Å². The highest BCUT2D eigenvalue weighted by atomic mass is 79.9. The summed E-state index contributed by atoms with van der Waals surface area (Å²) in [5.74, 6) is -0.815. The van der Waals surface area contributed by atoms with Crippen LogP contribution in [-0.4, -0.2) is 43.7 Å². The molecule has 28 heavy (non-hydrogen) atoms. The van der Waals surface area contributed by atoms with Gasteiger partial charge in [0.25, 0.3) is 0 Å². The number of ether oxygens (including phenoxy) is 3. The van der Waals surface area contributed by atoms with Crippen LogP contribution in [0.25, 0.3) is 0 Å². The summed E-state index contributed by atoms with van der Waals surface area (Å²) in [6, 6.07) is 5.33. The molecule has 0 saturated carbocycles. The molecule has 0 radical (unpaired) electrons. The minimum absolute atomic E-state index is 0.0639. The average molecular weight is 470 g/mol. The van der Waals surface area contributed by atoms with Gasteiger partial charge in [0.1, 0.15) is 12.2 Å². The van der Waals surface area contributed by atoms with E-state index in [1.807, 2.05) is 5.32 Å². The fraction of sp³-hybridized carbons (Fsp3) is 0.556. The summed E-state index contributed by atoms with van der Waals surface area (Å²) in [7, 11) is 0. The van der Waals surface area contributed by atoms with Crippen LogP contribution in [0.4, 0.5) is 18.0 Å². The number of benzene rings is 1. The molecular weight excluding hydrogens is 447 g/mol. The predicted octanol–water partition coefficient (Wildman–Crippen LogP) is 4.31. The summed E-state index contributed by atoms with van der Waals surface area (Å²) in [4.78, 5) is 23.6. The van der Waals surface area contributed by atoms with E-state index < -0.39 is 42.6 Å². The molecule has 0 aliphatic heterocycles. The number of alkyl halides is 3. The monoisotopic (exact) mass is 469 g/mol. The van der Waals surface area contributed by atoms with Gasteiger partial charge in [0, 0.05) is 4.47 Å². The van der Waals surface area contributed by atoms with Crippen LogP contribution in [-0.2, 0) is 24.5 Å². The van der Waals surface area contributed by atoms with Crippen molar-refractivity contribution in [1.82, 2.24) is 5.32 Å². The first kappa shape index (κ1) is 24.2. The number of carbonyl (C=O) groups is 2.